The third-order valence-electron chi connectivity index (χ3n) is 3.20. The van der Waals surface area contributed by atoms with Crippen LogP contribution in [0.25, 0.3) is 0 Å². The molecule has 1 unspecified atom stereocenters. The first kappa shape index (κ1) is 16.8. The van der Waals surface area contributed by atoms with Gasteiger partial charge in [-0.1, -0.05) is 12.1 Å². The molecule has 2 rings (SSSR count). The van der Waals surface area contributed by atoms with Crippen LogP contribution in [0.2, 0.25) is 0 Å². The summed E-state index contributed by atoms with van der Waals surface area (Å²) in [6, 6.07) is 7.61. The number of benzene rings is 1. The van der Waals surface area contributed by atoms with E-state index in [0.717, 1.165) is 17.1 Å². The Morgan fingerprint density at radius 3 is 2.95 bits per heavy atom. The summed E-state index contributed by atoms with van der Waals surface area (Å²) < 4.78 is 5.34. The monoisotopic (exact) mass is 323 g/mol. The van der Waals surface area contributed by atoms with Crippen molar-refractivity contribution in [2.24, 2.45) is 5.73 Å². The van der Waals surface area contributed by atoms with Gasteiger partial charge in [-0.25, -0.2) is 0 Å². The number of hydrogen-bond acceptors (Lipinski definition) is 5. The highest BCUT2D eigenvalue weighted by Crippen LogP contribution is 2.27. The molecule has 1 aliphatic rings. The number of amides is 2. The Balaban J connectivity index is 1.87. The lowest BCUT2D eigenvalue weighted by Crippen LogP contribution is -2.43. The fourth-order valence-electron chi connectivity index (χ4n) is 2.13. The minimum atomic E-state index is -0.322. The van der Waals surface area contributed by atoms with Crippen molar-refractivity contribution < 1.29 is 14.3 Å². The number of carbonyl (C=O) groups is 2. The zero-order valence-electron chi connectivity index (χ0n) is 12.3. The molecule has 1 saturated heterocycles. The van der Waals surface area contributed by atoms with E-state index in [0.29, 0.717) is 31.8 Å². The number of carbonyl (C=O) groups excluding carboxylic acids is 2. The number of anilines is 1. The molecule has 0 saturated carbocycles. The summed E-state index contributed by atoms with van der Waals surface area (Å²) in [4.78, 5) is 23.9. The van der Waals surface area contributed by atoms with Crippen molar-refractivity contribution in [3.8, 4) is 0 Å². The van der Waals surface area contributed by atoms with Gasteiger partial charge in [-0.2, -0.15) is 0 Å². The largest absolute Gasteiger partial charge is 0.378 e. The molecule has 0 bridgehead atoms. The molecule has 1 aromatic rings. The Morgan fingerprint density at radius 2 is 2.23 bits per heavy atom. The molecule has 6 nitrogen and oxygen atoms in total. The highest BCUT2D eigenvalue weighted by molar-refractivity contribution is 7.99. The van der Waals surface area contributed by atoms with Gasteiger partial charge in [0.25, 0.3) is 0 Å². The molecule has 7 heteroatoms. The van der Waals surface area contributed by atoms with E-state index in [1.165, 1.54) is 11.8 Å². The van der Waals surface area contributed by atoms with E-state index < -0.39 is 0 Å². The van der Waals surface area contributed by atoms with Gasteiger partial charge in [-0.15, -0.1) is 11.8 Å². The molecule has 22 heavy (non-hydrogen) atoms. The minimum Gasteiger partial charge on any atom is -0.378 e. The topological polar surface area (TPSA) is 93.5 Å². The smallest absolute Gasteiger partial charge is 0.226 e. The Kier molecular flexibility index (Phi) is 6.70. The molecule has 0 spiro atoms. The average Bonchev–Trinajstić information content (AvgIpc) is 2.49. The van der Waals surface area contributed by atoms with Crippen LogP contribution in [0.1, 0.15) is 12.8 Å². The van der Waals surface area contributed by atoms with Crippen molar-refractivity contribution in [2.45, 2.75) is 23.8 Å². The molecule has 1 aromatic carbocycles. The van der Waals surface area contributed by atoms with Crippen LogP contribution in [0.5, 0.6) is 0 Å². The van der Waals surface area contributed by atoms with Gasteiger partial charge >= 0.3 is 0 Å². The van der Waals surface area contributed by atoms with Gasteiger partial charge in [0.2, 0.25) is 11.8 Å². The number of morpholine rings is 1. The molecule has 1 atom stereocenters. The van der Waals surface area contributed by atoms with E-state index in [2.05, 4.69) is 10.6 Å². The summed E-state index contributed by atoms with van der Waals surface area (Å²) in [5.74, 6) is 0.226. The Bertz CT molecular complexity index is 519. The number of primary amides is 1. The first-order valence-corrected chi connectivity index (χ1v) is 8.25. The van der Waals surface area contributed by atoms with Crippen molar-refractivity contribution in [3.05, 3.63) is 24.3 Å². The standard InChI is InChI=1S/C15H21N3O3S/c16-14(19)5-8-22-13-4-2-1-3-12(13)18-15(20)9-11-10-21-7-6-17-11/h1-4,11,17H,5-10H2,(H2,16,19)(H,18,20). The van der Waals surface area contributed by atoms with E-state index >= 15 is 0 Å². The van der Waals surface area contributed by atoms with E-state index in [9.17, 15) is 9.59 Å². The van der Waals surface area contributed by atoms with Gasteiger partial charge in [0, 0.05) is 36.1 Å². The third kappa shape index (κ3) is 5.67. The number of rotatable bonds is 7. The molecule has 2 amide bonds. The maximum Gasteiger partial charge on any atom is 0.226 e. The number of thioether (sulfide) groups is 1. The number of para-hydroxylation sites is 1. The molecule has 0 aliphatic carbocycles. The van der Waals surface area contributed by atoms with Gasteiger partial charge in [0.05, 0.1) is 18.9 Å². The summed E-state index contributed by atoms with van der Waals surface area (Å²) in [5.41, 5.74) is 5.90. The van der Waals surface area contributed by atoms with Crippen LogP contribution in [0.4, 0.5) is 5.69 Å². The maximum atomic E-state index is 12.1. The van der Waals surface area contributed by atoms with Crippen molar-refractivity contribution in [1.82, 2.24) is 5.32 Å². The van der Waals surface area contributed by atoms with Gasteiger partial charge in [-0.05, 0) is 12.1 Å². The van der Waals surface area contributed by atoms with Crippen molar-refractivity contribution in [2.75, 3.05) is 30.8 Å². The number of hydrogen-bond donors (Lipinski definition) is 3. The second-order valence-electron chi connectivity index (χ2n) is 5.04. The number of nitrogens with two attached hydrogens (primary N) is 1. The molecule has 1 heterocycles. The molecular weight excluding hydrogens is 302 g/mol. The quantitative estimate of drug-likeness (QED) is 0.650. The van der Waals surface area contributed by atoms with E-state index in [4.69, 9.17) is 10.5 Å². The second-order valence-corrected chi connectivity index (χ2v) is 6.18. The number of ether oxygens (including phenoxy) is 1. The van der Waals surface area contributed by atoms with Crippen LogP contribution in [0, 0.1) is 0 Å². The average molecular weight is 323 g/mol. The van der Waals surface area contributed by atoms with Crippen LogP contribution in [-0.2, 0) is 14.3 Å². The first-order valence-electron chi connectivity index (χ1n) is 7.26. The van der Waals surface area contributed by atoms with E-state index in [1.807, 2.05) is 24.3 Å². The van der Waals surface area contributed by atoms with Gasteiger partial charge in [0.15, 0.2) is 0 Å². The predicted octanol–water partition coefficient (Wildman–Crippen LogP) is 0.971. The fourth-order valence-corrected chi connectivity index (χ4v) is 3.11. The Morgan fingerprint density at radius 1 is 1.41 bits per heavy atom. The van der Waals surface area contributed by atoms with Crippen LogP contribution in [0.3, 0.4) is 0 Å². The maximum absolute atomic E-state index is 12.1. The van der Waals surface area contributed by atoms with Crippen LogP contribution in [-0.4, -0.2) is 43.4 Å². The van der Waals surface area contributed by atoms with Gasteiger partial charge in [0.1, 0.15) is 0 Å². The molecule has 0 aromatic heterocycles. The summed E-state index contributed by atoms with van der Waals surface area (Å²) in [6.45, 7) is 2.03. The van der Waals surface area contributed by atoms with Crippen molar-refractivity contribution in [1.29, 1.82) is 0 Å². The Labute approximate surface area is 134 Å². The molecule has 120 valence electrons. The summed E-state index contributed by atoms with van der Waals surface area (Å²) >= 11 is 1.51. The van der Waals surface area contributed by atoms with Crippen LogP contribution in [0.15, 0.2) is 29.2 Å². The molecule has 1 aliphatic heterocycles. The van der Waals surface area contributed by atoms with Crippen molar-refractivity contribution >= 4 is 29.3 Å². The van der Waals surface area contributed by atoms with Gasteiger partial charge < -0.3 is 21.1 Å². The van der Waals surface area contributed by atoms with Crippen molar-refractivity contribution in [3.63, 3.8) is 0 Å². The summed E-state index contributed by atoms with van der Waals surface area (Å²) in [7, 11) is 0. The van der Waals surface area contributed by atoms with E-state index in [1.54, 1.807) is 0 Å². The highest BCUT2D eigenvalue weighted by atomic mass is 32.2. The molecular formula is C15H21N3O3S. The zero-order chi connectivity index (χ0) is 15.8. The summed E-state index contributed by atoms with van der Waals surface area (Å²) in [6.07, 6.45) is 0.691. The van der Waals surface area contributed by atoms with Crippen LogP contribution >= 0.6 is 11.8 Å². The third-order valence-corrected chi connectivity index (χ3v) is 4.27. The lowest BCUT2D eigenvalue weighted by Gasteiger charge is -2.23. The molecule has 4 N–H and O–H groups in total. The zero-order valence-corrected chi connectivity index (χ0v) is 13.2. The lowest BCUT2D eigenvalue weighted by atomic mass is 10.2. The van der Waals surface area contributed by atoms with E-state index in [-0.39, 0.29) is 17.9 Å². The lowest BCUT2D eigenvalue weighted by molar-refractivity contribution is -0.118. The fraction of sp³-hybridized carbons (Fsp3) is 0.467. The predicted molar refractivity (Wildman–Crippen MR) is 86.8 cm³/mol. The van der Waals surface area contributed by atoms with Gasteiger partial charge in [-0.3, -0.25) is 9.59 Å². The Hall–Kier alpha value is -1.57. The first-order chi connectivity index (χ1) is 10.6. The molecule has 0 radical (unpaired) electrons. The van der Waals surface area contributed by atoms with Crippen LogP contribution < -0.4 is 16.4 Å². The number of nitrogens with one attached hydrogen (secondary N) is 2. The highest BCUT2D eigenvalue weighted by Gasteiger charge is 2.17. The molecule has 1 fully saturated rings. The normalized spacial score (nSPS) is 17.9. The minimum absolute atomic E-state index is 0.0500. The summed E-state index contributed by atoms with van der Waals surface area (Å²) in [5, 5.41) is 6.18. The second kappa shape index (κ2) is 8.77. The SMILES string of the molecule is NC(=O)CCSc1ccccc1NC(=O)CC1COCCN1.